The lowest BCUT2D eigenvalue weighted by Gasteiger charge is -2.42. The van der Waals surface area contributed by atoms with Gasteiger partial charge in [0.15, 0.2) is 8.32 Å². The minimum absolute atomic E-state index is 0.0721. The summed E-state index contributed by atoms with van der Waals surface area (Å²) in [6, 6.07) is 6.15. The molecule has 122 valence electrons. The Balaban J connectivity index is 2.28. The average molecular weight is 384 g/mol. The predicted molar refractivity (Wildman–Crippen MR) is 97.9 cm³/mol. The zero-order valence-electron chi connectivity index (χ0n) is 14.4. The zero-order valence-corrected chi connectivity index (χ0v) is 17.0. The van der Waals surface area contributed by atoms with E-state index in [1.807, 2.05) is 17.0 Å². The van der Waals surface area contributed by atoms with Gasteiger partial charge in [-0.1, -0.05) is 42.8 Å². The molecule has 3 nitrogen and oxygen atoms in total. The minimum Gasteiger partial charge on any atom is -0.412 e. The summed E-state index contributed by atoms with van der Waals surface area (Å²) < 4.78 is 7.55. The van der Waals surface area contributed by atoms with Crippen molar-refractivity contribution in [3.8, 4) is 0 Å². The number of anilines is 1. The first-order valence-corrected chi connectivity index (χ1v) is 11.5. The van der Waals surface area contributed by atoms with Gasteiger partial charge in [-0.25, -0.2) is 0 Å². The molecule has 0 radical (unpaired) electrons. The smallest absolute Gasteiger partial charge is 0.223 e. The van der Waals surface area contributed by atoms with Gasteiger partial charge in [0.2, 0.25) is 5.91 Å². The maximum Gasteiger partial charge on any atom is 0.223 e. The van der Waals surface area contributed by atoms with Gasteiger partial charge in [0.05, 0.1) is 12.6 Å². The van der Waals surface area contributed by atoms with Gasteiger partial charge in [-0.05, 0) is 35.8 Å². The standard InChI is InChI=1S/C17H26BrNO2Si/c1-12(20)19-11-15(21-22(5,6)17(2,3)4)9-13-7-8-14(18)10-16(13)19/h7-8,10,15H,9,11H2,1-6H3/t15-/m1/s1. The van der Waals surface area contributed by atoms with E-state index in [4.69, 9.17) is 4.43 Å². The highest BCUT2D eigenvalue weighted by atomic mass is 79.9. The number of carbonyl (C=O) groups is 1. The maximum absolute atomic E-state index is 12.0. The quantitative estimate of drug-likeness (QED) is 0.689. The first-order valence-electron chi connectivity index (χ1n) is 7.75. The first kappa shape index (κ1) is 17.7. The van der Waals surface area contributed by atoms with Gasteiger partial charge < -0.3 is 9.33 Å². The molecule has 5 heteroatoms. The number of hydrogen-bond donors (Lipinski definition) is 0. The van der Waals surface area contributed by atoms with E-state index in [-0.39, 0.29) is 17.0 Å². The summed E-state index contributed by atoms with van der Waals surface area (Å²) in [5.74, 6) is 0.0721. The van der Waals surface area contributed by atoms with Crippen LogP contribution in [0.2, 0.25) is 18.1 Å². The van der Waals surface area contributed by atoms with Crippen LogP contribution in [0.3, 0.4) is 0 Å². The fourth-order valence-corrected chi connectivity index (χ4v) is 4.24. The van der Waals surface area contributed by atoms with E-state index < -0.39 is 8.32 Å². The van der Waals surface area contributed by atoms with Gasteiger partial charge >= 0.3 is 0 Å². The second kappa shape index (κ2) is 6.10. The highest BCUT2D eigenvalue weighted by Gasteiger charge is 2.40. The molecule has 1 aliphatic heterocycles. The number of carbonyl (C=O) groups excluding carboxylic acids is 1. The molecule has 1 aromatic rings. The van der Waals surface area contributed by atoms with Gasteiger partial charge in [0, 0.05) is 23.5 Å². The van der Waals surface area contributed by atoms with Crippen LogP contribution < -0.4 is 4.90 Å². The molecular weight excluding hydrogens is 358 g/mol. The van der Waals surface area contributed by atoms with Crippen molar-refractivity contribution in [1.82, 2.24) is 0 Å². The van der Waals surface area contributed by atoms with Crippen LogP contribution in [-0.4, -0.2) is 26.9 Å². The number of amides is 1. The Morgan fingerprint density at radius 1 is 1.36 bits per heavy atom. The average Bonchev–Trinajstić information content (AvgIpc) is 2.36. The SMILES string of the molecule is CC(=O)N1C[C@H](O[Si](C)(C)C(C)(C)C)Cc2ccc(Br)cc21. The van der Waals surface area contributed by atoms with Crippen molar-refractivity contribution in [3.05, 3.63) is 28.2 Å². The summed E-state index contributed by atoms with van der Waals surface area (Å²) in [5, 5.41) is 0.175. The topological polar surface area (TPSA) is 29.5 Å². The van der Waals surface area contributed by atoms with Crippen LogP contribution in [0.25, 0.3) is 0 Å². The molecule has 2 rings (SSSR count). The number of benzene rings is 1. The molecule has 1 heterocycles. The molecule has 0 saturated heterocycles. The molecule has 1 aliphatic rings. The molecule has 0 fully saturated rings. The Kier molecular flexibility index (Phi) is 4.90. The summed E-state index contributed by atoms with van der Waals surface area (Å²) in [5.41, 5.74) is 2.20. The molecule has 0 bridgehead atoms. The van der Waals surface area contributed by atoms with E-state index in [9.17, 15) is 4.79 Å². The zero-order chi connectivity index (χ0) is 16.7. The fraction of sp³-hybridized carbons (Fsp3) is 0.588. The van der Waals surface area contributed by atoms with Gasteiger partial charge in [-0.2, -0.15) is 0 Å². The van der Waals surface area contributed by atoms with Crippen molar-refractivity contribution in [3.63, 3.8) is 0 Å². The van der Waals surface area contributed by atoms with Crippen LogP contribution >= 0.6 is 15.9 Å². The van der Waals surface area contributed by atoms with E-state index in [2.05, 4.69) is 55.9 Å². The van der Waals surface area contributed by atoms with Crippen molar-refractivity contribution in [2.75, 3.05) is 11.4 Å². The van der Waals surface area contributed by atoms with Crippen molar-refractivity contribution < 1.29 is 9.22 Å². The second-order valence-electron chi connectivity index (χ2n) is 7.61. The largest absolute Gasteiger partial charge is 0.412 e. The first-order chi connectivity index (χ1) is 10.0. The molecule has 0 saturated carbocycles. The summed E-state index contributed by atoms with van der Waals surface area (Å²) >= 11 is 3.49. The molecule has 1 atom stereocenters. The van der Waals surface area contributed by atoms with E-state index in [0.29, 0.717) is 6.54 Å². The number of hydrogen-bond acceptors (Lipinski definition) is 2. The molecule has 0 N–H and O–H groups in total. The normalized spacial score (nSPS) is 19.0. The van der Waals surface area contributed by atoms with Crippen molar-refractivity contribution >= 4 is 35.8 Å². The third-order valence-corrected chi connectivity index (χ3v) is 9.85. The third-order valence-electron chi connectivity index (χ3n) is 4.82. The van der Waals surface area contributed by atoms with Crippen LogP contribution in [-0.2, 0) is 15.6 Å². The summed E-state index contributed by atoms with van der Waals surface area (Å²) in [7, 11) is -1.84. The molecule has 22 heavy (non-hydrogen) atoms. The van der Waals surface area contributed by atoms with Crippen LogP contribution in [0, 0.1) is 0 Å². The lowest BCUT2D eigenvalue weighted by molar-refractivity contribution is -0.117. The van der Waals surface area contributed by atoms with E-state index in [1.165, 1.54) is 5.56 Å². The van der Waals surface area contributed by atoms with Crippen LogP contribution in [0.4, 0.5) is 5.69 Å². The monoisotopic (exact) mass is 383 g/mol. The van der Waals surface area contributed by atoms with Crippen molar-refractivity contribution in [2.24, 2.45) is 0 Å². The maximum atomic E-state index is 12.0. The molecule has 0 aromatic heterocycles. The lowest BCUT2D eigenvalue weighted by atomic mass is 10.00. The van der Waals surface area contributed by atoms with Gasteiger partial charge in [0.1, 0.15) is 0 Å². The molecule has 0 unspecified atom stereocenters. The van der Waals surface area contributed by atoms with E-state index in [0.717, 1.165) is 16.6 Å². The molecule has 1 aromatic carbocycles. The van der Waals surface area contributed by atoms with Gasteiger partial charge in [-0.3, -0.25) is 4.79 Å². The predicted octanol–water partition coefficient (Wildman–Crippen LogP) is 4.75. The number of rotatable bonds is 2. The summed E-state index contributed by atoms with van der Waals surface area (Å²) in [4.78, 5) is 13.9. The third kappa shape index (κ3) is 3.63. The Morgan fingerprint density at radius 3 is 2.55 bits per heavy atom. The summed E-state index contributed by atoms with van der Waals surface area (Å²) in [6.45, 7) is 13.5. The van der Waals surface area contributed by atoms with Crippen LogP contribution in [0.15, 0.2) is 22.7 Å². The molecule has 0 spiro atoms. The fourth-order valence-electron chi connectivity index (χ4n) is 2.54. The van der Waals surface area contributed by atoms with Gasteiger partial charge in [0.25, 0.3) is 0 Å². The second-order valence-corrected chi connectivity index (χ2v) is 13.3. The minimum atomic E-state index is -1.84. The number of fused-ring (bicyclic) bond motifs is 1. The molecule has 0 aliphatic carbocycles. The van der Waals surface area contributed by atoms with Crippen LogP contribution in [0.1, 0.15) is 33.3 Å². The highest BCUT2D eigenvalue weighted by Crippen LogP contribution is 2.39. The number of halogens is 1. The Bertz CT molecular complexity index is 581. The Labute approximate surface area is 143 Å². The van der Waals surface area contributed by atoms with Crippen LogP contribution in [0.5, 0.6) is 0 Å². The Hall–Kier alpha value is -0.653. The van der Waals surface area contributed by atoms with E-state index >= 15 is 0 Å². The molecular formula is C17H26BrNO2Si. The Morgan fingerprint density at radius 2 is 2.00 bits per heavy atom. The highest BCUT2D eigenvalue weighted by molar-refractivity contribution is 9.10. The van der Waals surface area contributed by atoms with Crippen molar-refractivity contribution in [2.45, 2.75) is 58.4 Å². The number of nitrogens with zero attached hydrogens (tertiary/aromatic N) is 1. The van der Waals surface area contributed by atoms with Gasteiger partial charge in [-0.15, -0.1) is 0 Å². The van der Waals surface area contributed by atoms with Crippen molar-refractivity contribution in [1.29, 1.82) is 0 Å². The summed E-state index contributed by atoms with van der Waals surface area (Å²) in [6.07, 6.45) is 0.956. The lowest BCUT2D eigenvalue weighted by Crippen LogP contribution is -2.50. The van der Waals surface area contributed by atoms with E-state index in [1.54, 1.807) is 6.92 Å². The molecule has 1 amide bonds.